The van der Waals surface area contributed by atoms with Gasteiger partial charge < -0.3 is 9.80 Å². The quantitative estimate of drug-likeness (QED) is 0.587. The smallest absolute Gasteiger partial charge is 0.323 e. The number of nitrogens with zero attached hydrogens (tertiary/aromatic N) is 5. The SMILES string of the molecule is CN1CCN(c2ccc3nonc3c2[N+](=O)[O-])CC1. The lowest BCUT2D eigenvalue weighted by atomic mass is 10.2. The molecule has 0 bridgehead atoms. The lowest BCUT2D eigenvalue weighted by molar-refractivity contribution is -0.382. The maximum atomic E-state index is 11.3. The van der Waals surface area contributed by atoms with Crippen LogP contribution in [-0.4, -0.2) is 53.4 Å². The Morgan fingerprint density at radius 1 is 1.26 bits per heavy atom. The summed E-state index contributed by atoms with van der Waals surface area (Å²) < 4.78 is 4.58. The Kier molecular flexibility index (Phi) is 2.79. The summed E-state index contributed by atoms with van der Waals surface area (Å²) in [7, 11) is 2.04. The number of likely N-dealkylation sites (N-methyl/N-ethyl adjacent to an activating group) is 1. The van der Waals surface area contributed by atoms with Crippen LogP contribution in [0.3, 0.4) is 0 Å². The Hall–Kier alpha value is -2.22. The molecule has 100 valence electrons. The third-order valence-corrected chi connectivity index (χ3v) is 3.41. The number of nitro groups is 1. The molecular weight excluding hydrogens is 250 g/mol. The van der Waals surface area contributed by atoms with Crippen LogP contribution in [-0.2, 0) is 0 Å². The first-order valence-electron chi connectivity index (χ1n) is 6.00. The molecule has 0 spiro atoms. The van der Waals surface area contributed by atoms with Crippen molar-refractivity contribution >= 4 is 22.4 Å². The summed E-state index contributed by atoms with van der Waals surface area (Å²) in [5, 5.41) is 18.6. The van der Waals surface area contributed by atoms with Crippen LogP contribution < -0.4 is 4.90 Å². The monoisotopic (exact) mass is 263 g/mol. The summed E-state index contributed by atoms with van der Waals surface area (Å²) >= 11 is 0. The van der Waals surface area contributed by atoms with E-state index in [0.717, 1.165) is 26.2 Å². The average Bonchev–Trinajstić information content (AvgIpc) is 2.86. The van der Waals surface area contributed by atoms with Crippen molar-refractivity contribution in [1.29, 1.82) is 0 Å². The van der Waals surface area contributed by atoms with Gasteiger partial charge in [-0.2, -0.15) is 0 Å². The van der Waals surface area contributed by atoms with Crippen molar-refractivity contribution in [3.63, 3.8) is 0 Å². The van der Waals surface area contributed by atoms with Crippen LogP contribution in [0.4, 0.5) is 11.4 Å². The van der Waals surface area contributed by atoms with Crippen LogP contribution in [0.25, 0.3) is 11.0 Å². The molecule has 0 N–H and O–H groups in total. The molecule has 1 aromatic carbocycles. The van der Waals surface area contributed by atoms with E-state index in [-0.39, 0.29) is 11.2 Å². The lowest BCUT2D eigenvalue weighted by Crippen LogP contribution is -2.44. The fourth-order valence-electron chi connectivity index (χ4n) is 2.31. The van der Waals surface area contributed by atoms with Gasteiger partial charge in [0.1, 0.15) is 11.2 Å². The molecule has 0 aliphatic carbocycles. The maximum absolute atomic E-state index is 11.3. The maximum Gasteiger partial charge on any atom is 0.323 e. The Morgan fingerprint density at radius 2 is 2.00 bits per heavy atom. The minimum atomic E-state index is -0.416. The third kappa shape index (κ3) is 1.99. The van der Waals surface area contributed by atoms with Crippen molar-refractivity contribution in [2.75, 3.05) is 38.1 Å². The number of anilines is 1. The first-order valence-corrected chi connectivity index (χ1v) is 6.00. The van der Waals surface area contributed by atoms with Crippen LogP contribution in [0.2, 0.25) is 0 Å². The van der Waals surface area contributed by atoms with Crippen LogP contribution >= 0.6 is 0 Å². The van der Waals surface area contributed by atoms with Crippen molar-refractivity contribution < 1.29 is 9.55 Å². The van der Waals surface area contributed by atoms with Gasteiger partial charge in [-0.15, -0.1) is 0 Å². The van der Waals surface area contributed by atoms with Gasteiger partial charge in [0, 0.05) is 26.2 Å². The molecule has 1 saturated heterocycles. The van der Waals surface area contributed by atoms with Gasteiger partial charge in [0.2, 0.25) is 5.52 Å². The minimum absolute atomic E-state index is 0.0247. The van der Waals surface area contributed by atoms with Crippen molar-refractivity contribution in [3.05, 3.63) is 22.2 Å². The van der Waals surface area contributed by atoms with E-state index in [9.17, 15) is 10.1 Å². The first kappa shape index (κ1) is 11.8. The molecule has 1 fully saturated rings. The summed E-state index contributed by atoms with van der Waals surface area (Å²) in [4.78, 5) is 15.1. The van der Waals surface area contributed by atoms with Gasteiger partial charge in [-0.05, 0) is 29.5 Å². The first-order chi connectivity index (χ1) is 9.16. The van der Waals surface area contributed by atoms with Crippen LogP contribution in [0.5, 0.6) is 0 Å². The zero-order valence-electron chi connectivity index (χ0n) is 10.4. The Balaban J connectivity index is 2.07. The van der Waals surface area contributed by atoms with Crippen molar-refractivity contribution in [2.24, 2.45) is 0 Å². The molecule has 1 aliphatic heterocycles. The Labute approximate surface area is 108 Å². The molecule has 2 aromatic rings. The standard InChI is InChI=1S/C11H13N5O3/c1-14-4-6-15(7-5-14)9-3-2-8-10(13-19-12-8)11(9)16(17)18/h2-3H,4-7H2,1H3. The van der Waals surface area contributed by atoms with Gasteiger partial charge in [0.05, 0.1) is 4.92 Å². The predicted octanol–water partition coefficient (Wildman–Crippen LogP) is 0.883. The molecule has 0 saturated carbocycles. The van der Waals surface area contributed by atoms with Gasteiger partial charge in [-0.3, -0.25) is 10.1 Å². The van der Waals surface area contributed by atoms with Crippen LogP contribution in [0.15, 0.2) is 16.8 Å². The highest BCUT2D eigenvalue weighted by atomic mass is 16.6. The zero-order chi connectivity index (χ0) is 13.4. The molecule has 19 heavy (non-hydrogen) atoms. The molecule has 3 rings (SSSR count). The van der Waals surface area contributed by atoms with Crippen molar-refractivity contribution in [1.82, 2.24) is 15.2 Å². The molecule has 0 radical (unpaired) electrons. The largest absolute Gasteiger partial charge is 0.363 e. The van der Waals surface area contributed by atoms with E-state index in [1.54, 1.807) is 12.1 Å². The number of nitro benzene ring substituents is 1. The Bertz CT molecular complexity index is 618. The lowest BCUT2D eigenvalue weighted by Gasteiger charge is -2.33. The highest BCUT2D eigenvalue weighted by Gasteiger charge is 2.27. The molecule has 2 heterocycles. The summed E-state index contributed by atoms with van der Waals surface area (Å²) in [6.07, 6.45) is 0. The second-order valence-electron chi connectivity index (χ2n) is 4.61. The van der Waals surface area contributed by atoms with Gasteiger partial charge in [0.15, 0.2) is 0 Å². The van der Waals surface area contributed by atoms with Crippen molar-refractivity contribution in [3.8, 4) is 0 Å². The molecule has 0 unspecified atom stereocenters. The van der Waals surface area contributed by atoms with E-state index in [2.05, 4.69) is 19.8 Å². The van der Waals surface area contributed by atoms with E-state index >= 15 is 0 Å². The molecule has 1 aromatic heterocycles. The van der Waals surface area contributed by atoms with E-state index in [1.807, 2.05) is 11.9 Å². The van der Waals surface area contributed by atoms with Crippen molar-refractivity contribution in [2.45, 2.75) is 0 Å². The fraction of sp³-hybridized carbons (Fsp3) is 0.455. The van der Waals surface area contributed by atoms with E-state index in [1.165, 1.54) is 0 Å². The molecular formula is C11H13N5O3. The molecule has 0 atom stereocenters. The van der Waals surface area contributed by atoms with Crippen LogP contribution in [0.1, 0.15) is 0 Å². The van der Waals surface area contributed by atoms with Crippen LogP contribution in [0, 0.1) is 10.1 Å². The number of piperazine rings is 1. The number of benzene rings is 1. The van der Waals surface area contributed by atoms with E-state index in [4.69, 9.17) is 0 Å². The number of aromatic nitrogens is 2. The molecule has 0 amide bonds. The molecule has 1 aliphatic rings. The zero-order valence-corrected chi connectivity index (χ0v) is 10.4. The summed E-state index contributed by atoms with van der Waals surface area (Å²) in [6.45, 7) is 3.28. The van der Waals surface area contributed by atoms with Gasteiger partial charge >= 0.3 is 5.69 Å². The third-order valence-electron chi connectivity index (χ3n) is 3.41. The second kappa shape index (κ2) is 4.47. The van der Waals surface area contributed by atoms with E-state index in [0.29, 0.717) is 11.2 Å². The van der Waals surface area contributed by atoms with Gasteiger partial charge in [-0.1, -0.05) is 0 Å². The summed E-state index contributed by atoms with van der Waals surface area (Å²) in [6, 6.07) is 3.42. The van der Waals surface area contributed by atoms with Gasteiger partial charge in [-0.25, -0.2) is 4.63 Å². The molecule has 8 nitrogen and oxygen atoms in total. The highest BCUT2D eigenvalue weighted by Crippen LogP contribution is 2.34. The number of fused-ring (bicyclic) bond motifs is 1. The average molecular weight is 263 g/mol. The van der Waals surface area contributed by atoms with E-state index < -0.39 is 4.92 Å². The topological polar surface area (TPSA) is 88.5 Å². The number of rotatable bonds is 2. The number of hydrogen-bond acceptors (Lipinski definition) is 7. The fourth-order valence-corrected chi connectivity index (χ4v) is 2.31. The predicted molar refractivity (Wildman–Crippen MR) is 68.2 cm³/mol. The van der Waals surface area contributed by atoms with Gasteiger partial charge in [0.25, 0.3) is 0 Å². The molecule has 8 heteroatoms. The minimum Gasteiger partial charge on any atom is -0.363 e. The highest BCUT2D eigenvalue weighted by molar-refractivity contribution is 5.91. The second-order valence-corrected chi connectivity index (χ2v) is 4.61. The summed E-state index contributed by atoms with van der Waals surface area (Å²) in [5.41, 5.74) is 1.18. The number of hydrogen-bond donors (Lipinski definition) is 0. The Morgan fingerprint density at radius 3 is 2.68 bits per heavy atom. The summed E-state index contributed by atoms with van der Waals surface area (Å²) in [5.74, 6) is 0. The normalized spacial score (nSPS) is 17.0.